The van der Waals surface area contributed by atoms with Gasteiger partial charge in [0.25, 0.3) is 0 Å². The summed E-state index contributed by atoms with van der Waals surface area (Å²) >= 11 is 6.67. The minimum absolute atomic E-state index is 0.170. The van der Waals surface area contributed by atoms with Crippen LogP contribution in [0.5, 0.6) is 0 Å². The van der Waals surface area contributed by atoms with Crippen LogP contribution in [-0.4, -0.2) is 26.9 Å². The zero-order valence-electron chi connectivity index (χ0n) is 10.2. The number of thiol groups is 1. The van der Waals surface area contributed by atoms with Gasteiger partial charge < -0.3 is 0 Å². The van der Waals surface area contributed by atoms with Gasteiger partial charge in [0, 0.05) is 16.3 Å². The van der Waals surface area contributed by atoms with Crippen LogP contribution in [-0.2, 0) is 0 Å². The molecule has 1 aliphatic heterocycles. The normalized spacial score (nSPS) is 37.1. The van der Waals surface area contributed by atoms with Crippen molar-refractivity contribution in [3.05, 3.63) is 0 Å². The number of piperidine rings is 1. The molecule has 0 aromatic rings. The molecule has 1 aliphatic rings. The Kier molecular flexibility index (Phi) is 3.56. The molecular weight excluding hydrogens is 210 g/mol. The Hall–Kier alpha value is 0.660. The molecular formula is C11H23NS2. The largest absolute Gasteiger partial charge is 0.241 e. The third kappa shape index (κ3) is 1.96. The Morgan fingerprint density at radius 3 is 2.21 bits per heavy atom. The van der Waals surface area contributed by atoms with E-state index in [0.29, 0.717) is 5.25 Å². The van der Waals surface area contributed by atoms with Gasteiger partial charge in [-0.15, -0.1) is 0 Å². The van der Waals surface area contributed by atoms with E-state index < -0.39 is 0 Å². The molecule has 0 aromatic heterocycles. The van der Waals surface area contributed by atoms with E-state index in [0.717, 1.165) is 5.92 Å². The van der Waals surface area contributed by atoms with Crippen molar-refractivity contribution in [1.29, 1.82) is 0 Å². The van der Waals surface area contributed by atoms with E-state index in [9.17, 15) is 0 Å². The lowest BCUT2D eigenvalue weighted by Gasteiger charge is -2.56. The zero-order chi connectivity index (χ0) is 11.1. The summed E-state index contributed by atoms with van der Waals surface area (Å²) in [5, 5.41) is 0.674. The van der Waals surface area contributed by atoms with Gasteiger partial charge in [0.2, 0.25) is 0 Å². The number of thioether (sulfide) groups is 1. The Labute approximate surface area is 98.6 Å². The molecule has 0 spiro atoms. The highest BCUT2D eigenvalue weighted by molar-refractivity contribution is 7.99. The van der Waals surface area contributed by atoms with Crippen LogP contribution >= 0.6 is 24.6 Å². The van der Waals surface area contributed by atoms with Crippen molar-refractivity contribution in [2.75, 3.05) is 6.26 Å². The lowest BCUT2D eigenvalue weighted by atomic mass is 9.76. The first kappa shape index (κ1) is 12.7. The molecule has 0 bridgehead atoms. The van der Waals surface area contributed by atoms with Crippen LogP contribution in [0, 0.1) is 5.92 Å². The molecule has 1 heterocycles. The van der Waals surface area contributed by atoms with Crippen molar-refractivity contribution < 1.29 is 0 Å². The fraction of sp³-hybridized carbons (Fsp3) is 1.00. The lowest BCUT2D eigenvalue weighted by Crippen LogP contribution is -2.62. The van der Waals surface area contributed by atoms with Gasteiger partial charge in [0.05, 0.1) is 0 Å². The molecule has 1 nitrogen and oxygen atoms in total. The lowest BCUT2D eigenvalue weighted by molar-refractivity contribution is 0.0462. The molecule has 0 aliphatic carbocycles. The smallest absolute Gasteiger partial charge is 0.0381 e. The minimum atomic E-state index is 0.170. The molecule has 1 rings (SSSR count). The first-order chi connectivity index (χ1) is 6.23. The molecule has 0 amide bonds. The molecule has 14 heavy (non-hydrogen) atoms. The monoisotopic (exact) mass is 233 g/mol. The molecule has 0 radical (unpaired) electrons. The first-order valence-corrected chi connectivity index (χ1v) is 6.94. The van der Waals surface area contributed by atoms with Crippen LogP contribution in [0.1, 0.15) is 41.0 Å². The molecule has 2 unspecified atom stereocenters. The van der Waals surface area contributed by atoms with Gasteiger partial charge in [-0.3, -0.25) is 0 Å². The second kappa shape index (κ2) is 3.91. The van der Waals surface area contributed by atoms with Gasteiger partial charge in [-0.2, -0.15) is 11.8 Å². The Bertz CT molecular complexity index is 209. The summed E-state index contributed by atoms with van der Waals surface area (Å²) in [6.07, 6.45) is 3.44. The summed E-state index contributed by atoms with van der Waals surface area (Å²) in [5.74, 6) is 0.762. The Morgan fingerprint density at radius 2 is 1.79 bits per heavy atom. The number of hydrogen-bond acceptors (Lipinski definition) is 3. The van der Waals surface area contributed by atoms with Crippen molar-refractivity contribution in [2.24, 2.45) is 5.92 Å². The number of rotatable bonds is 1. The summed E-state index contributed by atoms with van der Waals surface area (Å²) in [6.45, 7) is 11.5. The average Bonchev–Trinajstić information content (AvgIpc) is 2.00. The highest BCUT2D eigenvalue weighted by Crippen LogP contribution is 2.46. The molecule has 84 valence electrons. The van der Waals surface area contributed by atoms with Crippen molar-refractivity contribution >= 4 is 24.6 Å². The minimum Gasteiger partial charge on any atom is -0.241 e. The van der Waals surface area contributed by atoms with E-state index in [1.807, 2.05) is 11.8 Å². The van der Waals surface area contributed by atoms with E-state index in [4.69, 9.17) is 12.8 Å². The molecule has 0 aromatic carbocycles. The van der Waals surface area contributed by atoms with Gasteiger partial charge in [0.1, 0.15) is 0 Å². The van der Waals surface area contributed by atoms with Crippen LogP contribution in [0.3, 0.4) is 0 Å². The van der Waals surface area contributed by atoms with Crippen molar-refractivity contribution in [1.82, 2.24) is 4.31 Å². The molecule has 0 N–H and O–H groups in total. The van der Waals surface area contributed by atoms with Crippen molar-refractivity contribution in [2.45, 2.75) is 57.4 Å². The third-order valence-electron chi connectivity index (χ3n) is 3.41. The summed E-state index contributed by atoms with van der Waals surface area (Å²) in [6, 6.07) is 0. The molecule has 1 fully saturated rings. The fourth-order valence-corrected chi connectivity index (χ4v) is 4.63. The van der Waals surface area contributed by atoms with Crippen molar-refractivity contribution in [3.8, 4) is 0 Å². The molecule has 3 heteroatoms. The molecule has 0 saturated carbocycles. The maximum atomic E-state index is 4.70. The quantitative estimate of drug-likeness (QED) is 0.691. The van der Waals surface area contributed by atoms with Crippen LogP contribution < -0.4 is 0 Å². The second-order valence-corrected chi connectivity index (χ2v) is 6.99. The SMILES string of the molecule is CSC1C(C)CC(C)(C)N(S)C1(C)C. The maximum absolute atomic E-state index is 4.70. The second-order valence-electron chi connectivity index (χ2n) is 5.62. The third-order valence-corrected chi connectivity index (χ3v) is 6.01. The predicted molar refractivity (Wildman–Crippen MR) is 70.1 cm³/mol. The van der Waals surface area contributed by atoms with Crippen LogP contribution in [0.25, 0.3) is 0 Å². The van der Waals surface area contributed by atoms with Gasteiger partial charge in [-0.1, -0.05) is 19.7 Å². The molecule has 2 atom stereocenters. The number of hydrogen-bond donors (Lipinski definition) is 1. The summed E-state index contributed by atoms with van der Waals surface area (Å²) in [7, 11) is 0. The number of nitrogens with zero attached hydrogens (tertiary/aromatic N) is 1. The van der Waals surface area contributed by atoms with Crippen LogP contribution in [0.15, 0.2) is 0 Å². The average molecular weight is 233 g/mol. The van der Waals surface area contributed by atoms with Gasteiger partial charge in [-0.05, 0) is 46.3 Å². The Balaban J connectivity index is 2.98. The maximum Gasteiger partial charge on any atom is 0.0381 e. The Morgan fingerprint density at radius 1 is 1.29 bits per heavy atom. The predicted octanol–water partition coefficient (Wildman–Crippen LogP) is 3.46. The van der Waals surface area contributed by atoms with Crippen molar-refractivity contribution in [3.63, 3.8) is 0 Å². The summed E-state index contributed by atoms with van der Waals surface area (Å²) < 4.78 is 2.25. The highest BCUT2D eigenvalue weighted by atomic mass is 32.2. The van der Waals surface area contributed by atoms with E-state index in [1.54, 1.807) is 0 Å². The topological polar surface area (TPSA) is 3.24 Å². The van der Waals surface area contributed by atoms with Gasteiger partial charge in [0.15, 0.2) is 0 Å². The summed E-state index contributed by atoms with van der Waals surface area (Å²) in [5.41, 5.74) is 0.377. The first-order valence-electron chi connectivity index (χ1n) is 5.25. The zero-order valence-corrected chi connectivity index (χ0v) is 11.9. The van der Waals surface area contributed by atoms with Gasteiger partial charge in [-0.25, -0.2) is 4.31 Å². The van der Waals surface area contributed by atoms with E-state index in [-0.39, 0.29) is 11.1 Å². The van der Waals surface area contributed by atoms with E-state index >= 15 is 0 Å². The highest BCUT2D eigenvalue weighted by Gasteiger charge is 2.48. The summed E-state index contributed by atoms with van der Waals surface area (Å²) in [4.78, 5) is 0. The van der Waals surface area contributed by atoms with Crippen LogP contribution in [0.4, 0.5) is 0 Å². The van der Waals surface area contributed by atoms with Crippen LogP contribution in [0.2, 0.25) is 0 Å². The molecule has 1 saturated heterocycles. The van der Waals surface area contributed by atoms with E-state index in [2.05, 4.69) is 45.2 Å². The van der Waals surface area contributed by atoms with E-state index in [1.165, 1.54) is 6.42 Å². The fourth-order valence-electron chi connectivity index (χ4n) is 3.10. The van der Waals surface area contributed by atoms with Gasteiger partial charge >= 0.3 is 0 Å². The standard InChI is InChI=1S/C11H23NS2/c1-8-7-10(2,3)12(13)11(4,5)9(8)14-6/h8-9,13H,7H2,1-6H3.